The molecular formula is C44H29N. The average Bonchev–Trinajstić information content (AvgIpc) is 3.45. The van der Waals surface area contributed by atoms with Crippen LogP contribution in [-0.2, 0) is 0 Å². The molecule has 0 N–H and O–H groups in total. The molecule has 210 valence electrons. The third-order valence-corrected chi connectivity index (χ3v) is 9.16. The van der Waals surface area contributed by atoms with Gasteiger partial charge < -0.3 is 4.57 Å². The van der Waals surface area contributed by atoms with Crippen LogP contribution in [0.2, 0.25) is 0 Å². The molecule has 1 nitrogen and oxygen atoms in total. The molecule has 1 heteroatoms. The second kappa shape index (κ2) is 10.4. The quantitative estimate of drug-likeness (QED) is 0.198. The highest BCUT2D eigenvalue weighted by atomic mass is 15.0. The summed E-state index contributed by atoms with van der Waals surface area (Å²) >= 11 is 0. The van der Waals surface area contributed by atoms with Gasteiger partial charge in [0.15, 0.2) is 0 Å². The Kier molecular flexibility index (Phi) is 5.89. The first-order valence-electron chi connectivity index (χ1n) is 15.5. The summed E-state index contributed by atoms with van der Waals surface area (Å²) in [7, 11) is 0. The maximum absolute atomic E-state index is 2.40. The van der Waals surface area contributed by atoms with Crippen molar-refractivity contribution < 1.29 is 0 Å². The molecule has 0 saturated heterocycles. The van der Waals surface area contributed by atoms with Crippen molar-refractivity contribution in [3.05, 3.63) is 176 Å². The van der Waals surface area contributed by atoms with Gasteiger partial charge in [0, 0.05) is 16.5 Å². The first-order chi connectivity index (χ1) is 22.3. The van der Waals surface area contributed by atoms with Crippen LogP contribution in [0.15, 0.2) is 176 Å². The van der Waals surface area contributed by atoms with E-state index in [1.54, 1.807) is 0 Å². The summed E-state index contributed by atoms with van der Waals surface area (Å²) in [6.45, 7) is 0. The Morgan fingerprint density at radius 2 is 0.756 bits per heavy atom. The van der Waals surface area contributed by atoms with Gasteiger partial charge in [-0.1, -0.05) is 133 Å². The number of rotatable bonds is 4. The van der Waals surface area contributed by atoms with E-state index < -0.39 is 0 Å². The minimum Gasteiger partial charge on any atom is -0.309 e. The minimum atomic E-state index is 1.17. The van der Waals surface area contributed by atoms with Crippen LogP contribution < -0.4 is 0 Å². The molecule has 0 atom stereocenters. The first-order valence-corrected chi connectivity index (χ1v) is 15.5. The van der Waals surface area contributed by atoms with E-state index in [1.807, 2.05) is 0 Å². The molecule has 9 aromatic rings. The SMILES string of the molecule is c1ccc(-c2ccc3cc(-n4c5ccccc5c5cc(-c6ccc(-c7ccc8ccccc8c7)cc6)ccc54)ccc3c2)cc1. The number of para-hydroxylation sites is 1. The molecule has 0 fully saturated rings. The van der Waals surface area contributed by atoms with Gasteiger partial charge in [0.05, 0.1) is 11.0 Å². The Morgan fingerprint density at radius 1 is 0.267 bits per heavy atom. The maximum Gasteiger partial charge on any atom is 0.0541 e. The van der Waals surface area contributed by atoms with Crippen molar-refractivity contribution in [2.75, 3.05) is 0 Å². The fraction of sp³-hybridized carbons (Fsp3) is 0. The van der Waals surface area contributed by atoms with Gasteiger partial charge in [-0.2, -0.15) is 0 Å². The van der Waals surface area contributed by atoms with E-state index >= 15 is 0 Å². The Morgan fingerprint density at radius 3 is 1.53 bits per heavy atom. The van der Waals surface area contributed by atoms with Crippen molar-refractivity contribution in [2.24, 2.45) is 0 Å². The molecular weight excluding hydrogens is 542 g/mol. The minimum absolute atomic E-state index is 1.17. The van der Waals surface area contributed by atoms with Crippen molar-refractivity contribution in [2.45, 2.75) is 0 Å². The smallest absolute Gasteiger partial charge is 0.0541 e. The lowest BCUT2D eigenvalue weighted by Gasteiger charge is -2.11. The zero-order chi connectivity index (χ0) is 29.7. The van der Waals surface area contributed by atoms with Gasteiger partial charge in [-0.3, -0.25) is 0 Å². The van der Waals surface area contributed by atoms with Gasteiger partial charge in [0.1, 0.15) is 0 Å². The van der Waals surface area contributed by atoms with Crippen LogP contribution in [0.1, 0.15) is 0 Å². The number of aromatic nitrogens is 1. The molecule has 45 heavy (non-hydrogen) atoms. The van der Waals surface area contributed by atoms with Crippen molar-refractivity contribution in [3.8, 4) is 39.1 Å². The van der Waals surface area contributed by atoms with Crippen LogP contribution in [0.3, 0.4) is 0 Å². The molecule has 0 amide bonds. The molecule has 0 bridgehead atoms. The van der Waals surface area contributed by atoms with Gasteiger partial charge in [0.2, 0.25) is 0 Å². The Labute approximate surface area is 262 Å². The van der Waals surface area contributed by atoms with E-state index in [4.69, 9.17) is 0 Å². The largest absolute Gasteiger partial charge is 0.309 e. The van der Waals surface area contributed by atoms with Crippen LogP contribution in [0.4, 0.5) is 0 Å². The topological polar surface area (TPSA) is 4.93 Å². The molecule has 0 aliphatic heterocycles. The summed E-state index contributed by atoms with van der Waals surface area (Å²) in [5, 5.41) is 7.55. The van der Waals surface area contributed by atoms with Crippen LogP contribution >= 0.6 is 0 Å². The van der Waals surface area contributed by atoms with Gasteiger partial charge in [-0.15, -0.1) is 0 Å². The standard InChI is InChI=1S/C44H29N/c1-2-8-30(9-3-1)35-20-21-38-28-40(24-22-37(38)27-35)45-43-13-7-6-12-41(43)42-29-39(23-25-44(42)45)33-16-14-32(15-17-33)36-19-18-31-10-4-5-11-34(31)26-36/h1-29H. The number of benzene rings is 8. The molecule has 9 rings (SSSR count). The van der Waals surface area contributed by atoms with Gasteiger partial charge in [-0.05, 0) is 97.4 Å². The lowest BCUT2D eigenvalue weighted by Crippen LogP contribution is -1.94. The highest BCUT2D eigenvalue weighted by Gasteiger charge is 2.14. The van der Waals surface area contributed by atoms with E-state index in [9.17, 15) is 0 Å². The molecule has 1 heterocycles. The van der Waals surface area contributed by atoms with Crippen LogP contribution in [0.25, 0.3) is 82.4 Å². The zero-order valence-electron chi connectivity index (χ0n) is 24.7. The Balaban J connectivity index is 1.11. The summed E-state index contributed by atoms with van der Waals surface area (Å²) in [6, 6.07) is 64.0. The number of hydrogen-bond acceptors (Lipinski definition) is 0. The van der Waals surface area contributed by atoms with Crippen molar-refractivity contribution >= 4 is 43.4 Å². The van der Waals surface area contributed by atoms with Crippen LogP contribution in [0, 0.1) is 0 Å². The third kappa shape index (κ3) is 4.41. The van der Waals surface area contributed by atoms with E-state index in [1.165, 1.54) is 82.4 Å². The van der Waals surface area contributed by atoms with Crippen molar-refractivity contribution in [3.63, 3.8) is 0 Å². The third-order valence-electron chi connectivity index (χ3n) is 9.16. The zero-order valence-corrected chi connectivity index (χ0v) is 24.7. The molecule has 1 aromatic heterocycles. The fourth-order valence-electron chi connectivity index (χ4n) is 6.84. The average molecular weight is 572 g/mol. The Hall–Kier alpha value is -5.92. The predicted molar refractivity (Wildman–Crippen MR) is 192 cm³/mol. The summed E-state index contributed by atoms with van der Waals surface area (Å²) < 4.78 is 2.40. The molecule has 0 aliphatic carbocycles. The highest BCUT2D eigenvalue weighted by Crippen LogP contribution is 2.36. The second-order valence-electron chi connectivity index (χ2n) is 11.8. The van der Waals surface area contributed by atoms with Gasteiger partial charge in [-0.25, -0.2) is 0 Å². The fourth-order valence-corrected chi connectivity index (χ4v) is 6.84. The lowest BCUT2D eigenvalue weighted by molar-refractivity contribution is 1.19. The number of fused-ring (bicyclic) bond motifs is 5. The van der Waals surface area contributed by atoms with Gasteiger partial charge in [0.25, 0.3) is 0 Å². The maximum atomic E-state index is 2.40. The van der Waals surface area contributed by atoms with E-state index in [-0.39, 0.29) is 0 Å². The van der Waals surface area contributed by atoms with Crippen LogP contribution in [-0.4, -0.2) is 4.57 Å². The lowest BCUT2D eigenvalue weighted by atomic mass is 9.97. The highest BCUT2D eigenvalue weighted by molar-refractivity contribution is 6.10. The molecule has 0 radical (unpaired) electrons. The first kappa shape index (κ1) is 25.6. The summed E-state index contributed by atoms with van der Waals surface area (Å²) in [5.74, 6) is 0. The van der Waals surface area contributed by atoms with E-state index in [0.717, 1.165) is 0 Å². The number of hydrogen-bond donors (Lipinski definition) is 0. The molecule has 0 saturated carbocycles. The molecule has 8 aromatic carbocycles. The molecule has 0 unspecified atom stereocenters. The molecule has 0 aliphatic rings. The summed E-state index contributed by atoms with van der Waals surface area (Å²) in [4.78, 5) is 0. The summed E-state index contributed by atoms with van der Waals surface area (Å²) in [6.07, 6.45) is 0. The monoisotopic (exact) mass is 571 g/mol. The van der Waals surface area contributed by atoms with E-state index in [2.05, 4.69) is 180 Å². The second-order valence-corrected chi connectivity index (χ2v) is 11.8. The Bertz CT molecular complexity index is 2520. The molecule has 0 spiro atoms. The normalized spacial score (nSPS) is 11.6. The van der Waals surface area contributed by atoms with E-state index in [0.29, 0.717) is 0 Å². The van der Waals surface area contributed by atoms with Gasteiger partial charge >= 0.3 is 0 Å². The summed E-state index contributed by atoms with van der Waals surface area (Å²) in [5.41, 5.74) is 11.0. The predicted octanol–water partition coefficient (Wildman–Crippen LogP) is 12.1. The van der Waals surface area contributed by atoms with Crippen LogP contribution in [0.5, 0.6) is 0 Å². The van der Waals surface area contributed by atoms with Crippen molar-refractivity contribution in [1.29, 1.82) is 0 Å². The number of nitrogens with zero attached hydrogens (tertiary/aromatic N) is 1. The van der Waals surface area contributed by atoms with Crippen molar-refractivity contribution in [1.82, 2.24) is 4.57 Å².